The van der Waals surface area contributed by atoms with Crippen molar-refractivity contribution in [3.8, 4) is 11.1 Å². The second kappa shape index (κ2) is 18.1. The van der Waals surface area contributed by atoms with Crippen LogP contribution in [0, 0.1) is 23.3 Å². The average Bonchev–Trinajstić information content (AvgIpc) is 4.01. The van der Waals surface area contributed by atoms with Crippen LogP contribution in [0.15, 0.2) is 60.9 Å². The molecule has 14 nitrogen and oxygen atoms in total. The van der Waals surface area contributed by atoms with Gasteiger partial charge in [0.2, 0.25) is 17.7 Å². The Morgan fingerprint density at radius 1 is 0.815 bits per heavy atom. The SMILES string of the molecule is CN(C)C(=O)c1cc2c(-c3ccc(N4CCN(C5CCN(c6ccc(C7CCC(=O)NC7=O)cc6F)CC5)CC4)c(F)c3F)cc(C3=CCCN(C(=O)CCn4ccnn4)C3)c(F)c2[nH]1. The number of rotatable bonds is 10. The molecule has 1 atom stereocenters. The molecule has 3 saturated heterocycles. The van der Waals surface area contributed by atoms with Crippen LogP contribution in [0.5, 0.6) is 0 Å². The molecule has 4 amide bonds. The second-order valence-electron chi connectivity index (χ2n) is 17.4. The molecule has 4 aliphatic heterocycles. The van der Waals surface area contributed by atoms with Crippen molar-refractivity contribution in [3.05, 3.63) is 101 Å². The maximum atomic E-state index is 16.6. The van der Waals surface area contributed by atoms with Crippen molar-refractivity contribution in [1.82, 2.24) is 40.0 Å². The third-order valence-electron chi connectivity index (χ3n) is 13.3. The zero-order chi connectivity index (χ0) is 45.5. The number of imide groups is 1. The standard InChI is InChI=1S/C47H50F4N10O4/c1-56(2)47(65)37-26-35-34(25-33(43(50)45(35)53-37)29-4-3-15-60(27-29)41(63)13-18-61-19-14-52-55-61)32-6-9-39(44(51)42(32)49)59-22-20-57(21-23-59)30-11-16-58(17-12-30)38-8-5-28(24-36(38)48)31-7-10-40(62)54-46(31)64/h4-6,8-9,14,19,24-26,30-31,53H,3,7,10-13,15-18,20-23,27H2,1-2H3,(H,54,62,64). The first-order chi connectivity index (χ1) is 31.3. The van der Waals surface area contributed by atoms with Crippen LogP contribution < -0.4 is 15.1 Å². The highest BCUT2D eigenvalue weighted by Crippen LogP contribution is 2.40. The summed E-state index contributed by atoms with van der Waals surface area (Å²) in [5.41, 5.74) is 1.92. The lowest BCUT2D eigenvalue weighted by molar-refractivity contribution is -0.134. The Labute approximate surface area is 372 Å². The molecule has 2 aromatic heterocycles. The van der Waals surface area contributed by atoms with Crippen LogP contribution in [0.3, 0.4) is 0 Å². The van der Waals surface area contributed by atoms with E-state index in [0.717, 1.165) is 12.8 Å². The number of aryl methyl sites for hydroxylation is 1. The molecule has 1 unspecified atom stereocenters. The number of aromatic amines is 1. The van der Waals surface area contributed by atoms with Crippen molar-refractivity contribution in [3.63, 3.8) is 0 Å². The molecular formula is C47H50F4N10O4. The maximum Gasteiger partial charge on any atom is 0.269 e. The summed E-state index contributed by atoms with van der Waals surface area (Å²) in [5, 5.41) is 10.2. The molecule has 2 N–H and O–H groups in total. The van der Waals surface area contributed by atoms with Crippen molar-refractivity contribution in [2.24, 2.45) is 0 Å². The van der Waals surface area contributed by atoms with E-state index in [9.17, 15) is 19.2 Å². The summed E-state index contributed by atoms with van der Waals surface area (Å²) in [5.74, 6) is -5.05. The van der Waals surface area contributed by atoms with Gasteiger partial charge in [-0.25, -0.2) is 17.6 Å². The molecule has 340 valence electrons. The number of nitrogens with zero attached hydrogens (tertiary/aromatic N) is 8. The second-order valence-corrected chi connectivity index (χ2v) is 17.4. The minimum Gasteiger partial charge on any atom is -0.369 e. The van der Waals surface area contributed by atoms with E-state index in [0.29, 0.717) is 82.0 Å². The molecular weight excluding hydrogens is 845 g/mol. The first-order valence-corrected chi connectivity index (χ1v) is 22.1. The highest BCUT2D eigenvalue weighted by Gasteiger charge is 2.33. The van der Waals surface area contributed by atoms with Gasteiger partial charge in [0, 0.05) is 108 Å². The monoisotopic (exact) mass is 894 g/mol. The van der Waals surface area contributed by atoms with E-state index in [1.807, 2.05) is 15.9 Å². The Balaban J connectivity index is 0.892. The molecule has 3 fully saturated rings. The van der Waals surface area contributed by atoms with E-state index in [-0.39, 0.29) is 76.2 Å². The van der Waals surface area contributed by atoms with Crippen LogP contribution >= 0.6 is 0 Å². The third-order valence-corrected chi connectivity index (χ3v) is 13.3. The number of piperidine rings is 2. The number of benzene rings is 3. The smallest absolute Gasteiger partial charge is 0.269 e. The molecule has 0 spiro atoms. The van der Waals surface area contributed by atoms with Gasteiger partial charge in [0.1, 0.15) is 11.5 Å². The van der Waals surface area contributed by atoms with Gasteiger partial charge in [-0.3, -0.25) is 34.1 Å². The summed E-state index contributed by atoms with van der Waals surface area (Å²) >= 11 is 0. The number of carbonyl (C=O) groups excluding carboxylic acids is 4. The molecule has 18 heteroatoms. The van der Waals surface area contributed by atoms with Crippen LogP contribution in [-0.4, -0.2) is 131 Å². The van der Waals surface area contributed by atoms with Crippen molar-refractivity contribution in [2.45, 2.75) is 57.0 Å². The van der Waals surface area contributed by atoms with E-state index < -0.39 is 41.0 Å². The molecule has 0 bridgehead atoms. The van der Waals surface area contributed by atoms with Crippen molar-refractivity contribution in [2.75, 3.05) is 76.3 Å². The Morgan fingerprint density at radius 3 is 2.28 bits per heavy atom. The average molecular weight is 895 g/mol. The highest BCUT2D eigenvalue weighted by molar-refractivity contribution is 6.05. The van der Waals surface area contributed by atoms with Gasteiger partial charge < -0.3 is 24.6 Å². The largest absolute Gasteiger partial charge is 0.369 e. The highest BCUT2D eigenvalue weighted by atomic mass is 19.2. The lowest BCUT2D eigenvalue weighted by atomic mass is 9.90. The predicted molar refractivity (Wildman–Crippen MR) is 236 cm³/mol. The summed E-state index contributed by atoms with van der Waals surface area (Å²) < 4.78 is 66.5. The first kappa shape index (κ1) is 43.7. The number of halogens is 4. The van der Waals surface area contributed by atoms with Gasteiger partial charge >= 0.3 is 0 Å². The van der Waals surface area contributed by atoms with Crippen LogP contribution in [-0.2, 0) is 20.9 Å². The van der Waals surface area contributed by atoms with Gasteiger partial charge in [-0.05, 0) is 78.8 Å². The minimum absolute atomic E-state index is 0.0307. The van der Waals surface area contributed by atoms with E-state index in [1.165, 1.54) is 35.4 Å². The van der Waals surface area contributed by atoms with Gasteiger partial charge in [-0.2, -0.15) is 0 Å². The molecule has 65 heavy (non-hydrogen) atoms. The maximum absolute atomic E-state index is 16.6. The third kappa shape index (κ3) is 8.70. The number of carbonyl (C=O) groups is 4. The number of nitrogens with one attached hydrogen (secondary N) is 2. The van der Waals surface area contributed by atoms with Gasteiger partial charge in [0.15, 0.2) is 17.5 Å². The fourth-order valence-corrected chi connectivity index (χ4v) is 9.74. The molecule has 9 rings (SSSR count). The molecule has 6 heterocycles. The summed E-state index contributed by atoms with van der Waals surface area (Å²) in [6.07, 6.45) is 7.81. The number of hydrogen-bond acceptors (Lipinski definition) is 9. The first-order valence-electron chi connectivity index (χ1n) is 22.1. The summed E-state index contributed by atoms with van der Waals surface area (Å²) in [6, 6.07) is 11.1. The van der Waals surface area contributed by atoms with Gasteiger partial charge in [0.25, 0.3) is 5.91 Å². The molecule has 4 aliphatic rings. The summed E-state index contributed by atoms with van der Waals surface area (Å²) in [7, 11) is 3.12. The summed E-state index contributed by atoms with van der Waals surface area (Å²) in [6.45, 7) is 4.26. The topological polar surface area (TPSA) is 143 Å². The molecule has 0 radical (unpaired) electrons. The minimum atomic E-state index is -1.10. The number of fused-ring (bicyclic) bond motifs is 1. The Kier molecular flexibility index (Phi) is 12.2. The Morgan fingerprint density at radius 2 is 1.57 bits per heavy atom. The van der Waals surface area contributed by atoms with E-state index >= 15 is 17.6 Å². The quantitative estimate of drug-likeness (QED) is 0.133. The van der Waals surface area contributed by atoms with Gasteiger partial charge in [0.05, 0.1) is 35.6 Å². The van der Waals surface area contributed by atoms with Crippen LogP contribution in [0.1, 0.15) is 66.1 Å². The zero-order valence-corrected chi connectivity index (χ0v) is 36.3. The Bertz CT molecular complexity index is 2690. The lowest BCUT2D eigenvalue weighted by Crippen LogP contribution is -2.53. The Hall–Kier alpha value is -6.56. The zero-order valence-electron chi connectivity index (χ0n) is 36.3. The molecule has 5 aromatic rings. The number of amides is 4. The van der Waals surface area contributed by atoms with Crippen LogP contribution in [0.4, 0.5) is 28.9 Å². The summed E-state index contributed by atoms with van der Waals surface area (Å²) in [4.78, 5) is 62.3. The van der Waals surface area contributed by atoms with Crippen molar-refractivity contribution < 1.29 is 36.7 Å². The van der Waals surface area contributed by atoms with Crippen LogP contribution in [0.2, 0.25) is 0 Å². The van der Waals surface area contributed by atoms with E-state index in [4.69, 9.17) is 0 Å². The van der Waals surface area contributed by atoms with E-state index in [1.54, 1.807) is 48.1 Å². The van der Waals surface area contributed by atoms with E-state index in [2.05, 4.69) is 25.5 Å². The molecule has 0 saturated carbocycles. The number of aromatic nitrogens is 4. The fraction of sp³-hybridized carbons (Fsp3) is 0.404. The fourth-order valence-electron chi connectivity index (χ4n) is 9.74. The number of H-pyrrole nitrogens is 1. The number of piperazine rings is 1. The lowest BCUT2D eigenvalue weighted by Gasteiger charge is -2.44. The van der Waals surface area contributed by atoms with Gasteiger partial charge in [-0.1, -0.05) is 17.4 Å². The van der Waals surface area contributed by atoms with Crippen molar-refractivity contribution >= 4 is 51.5 Å². The normalized spacial score (nSPS) is 18.9. The number of anilines is 2. The predicted octanol–water partition coefficient (Wildman–Crippen LogP) is 5.70. The van der Waals surface area contributed by atoms with Crippen molar-refractivity contribution in [1.29, 1.82) is 0 Å². The molecule has 3 aromatic carbocycles. The number of hydrogen-bond donors (Lipinski definition) is 2. The van der Waals surface area contributed by atoms with Crippen LogP contribution in [0.25, 0.3) is 27.6 Å². The molecule has 0 aliphatic carbocycles. The van der Waals surface area contributed by atoms with Gasteiger partial charge in [-0.15, -0.1) is 5.10 Å².